The maximum absolute atomic E-state index is 12.6. The third-order valence-electron chi connectivity index (χ3n) is 5.06. The normalized spacial score (nSPS) is 23.9. The van der Waals surface area contributed by atoms with Gasteiger partial charge in [-0.2, -0.15) is 0 Å². The Bertz CT molecular complexity index is 497. The fourth-order valence-corrected chi connectivity index (χ4v) is 3.66. The topological polar surface area (TPSA) is 32.8 Å². The molecule has 2 aliphatic heterocycles. The largest absolute Gasteiger partial charge is 0.373 e. The van der Waals surface area contributed by atoms with Crippen molar-refractivity contribution in [2.45, 2.75) is 38.4 Å². The predicted molar refractivity (Wildman–Crippen MR) is 91.1 cm³/mol. The summed E-state index contributed by atoms with van der Waals surface area (Å²) in [6.07, 6.45) is 4.40. The van der Waals surface area contributed by atoms with Crippen LogP contribution in [0.4, 0.5) is 0 Å². The summed E-state index contributed by atoms with van der Waals surface area (Å²) < 4.78 is 6.01. The predicted octanol–water partition coefficient (Wildman–Crippen LogP) is 2.54. The first-order valence-corrected chi connectivity index (χ1v) is 8.85. The van der Waals surface area contributed by atoms with Gasteiger partial charge >= 0.3 is 0 Å². The van der Waals surface area contributed by atoms with Gasteiger partial charge in [-0.15, -0.1) is 0 Å². The molecule has 1 unspecified atom stereocenters. The van der Waals surface area contributed by atoms with Gasteiger partial charge in [0.15, 0.2) is 0 Å². The minimum Gasteiger partial charge on any atom is -0.373 e. The maximum Gasteiger partial charge on any atom is 0.226 e. The van der Waals surface area contributed by atoms with E-state index in [1.165, 1.54) is 5.56 Å². The van der Waals surface area contributed by atoms with Crippen LogP contribution in [-0.2, 0) is 16.1 Å². The standard InChI is InChI=1S/C19H28N2O2/c1-20-11-5-8-17(14-20)19(22)21-12-9-18(10-13-21)23-15-16-6-3-2-4-7-16/h2-4,6-7,17-18H,5,8-15H2,1H3. The van der Waals surface area contributed by atoms with Gasteiger partial charge in [-0.1, -0.05) is 30.3 Å². The highest BCUT2D eigenvalue weighted by atomic mass is 16.5. The van der Waals surface area contributed by atoms with Gasteiger partial charge in [0.05, 0.1) is 18.6 Å². The summed E-state index contributed by atoms with van der Waals surface area (Å²) in [5, 5.41) is 0. The number of carbonyl (C=O) groups is 1. The Kier molecular flexibility index (Phi) is 5.68. The lowest BCUT2D eigenvalue weighted by atomic mass is 9.95. The summed E-state index contributed by atoms with van der Waals surface area (Å²) in [6.45, 7) is 4.41. The lowest BCUT2D eigenvalue weighted by Crippen LogP contribution is -2.47. The van der Waals surface area contributed by atoms with Crippen LogP contribution in [0.1, 0.15) is 31.2 Å². The van der Waals surface area contributed by atoms with Crippen molar-refractivity contribution >= 4 is 5.91 Å². The Morgan fingerprint density at radius 2 is 1.87 bits per heavy atom. The number of amides is 1. The van der Waals surface area contributed by atoms with E-state index in [-0.39, 0.29) is 12.0 Å². The summed E-state index contributed by atoms with van der Waals surface area (Å²) in [4.78, 5) is 17.0. The van der Waals surface area contributed by atoms with Crippen molar-refractivity contribution in [3.63, 3.8) is 0 Å². The molecular weight excluding hydrogens is 288 g/mol. The number of rotatable bonds is 4. The molecule has 0 radical (unpaired) electrons. The second-order valence-electron chi connectivity index (χ2n) is 6.92. The fraction of sp³-hybridized carbons (Fsp3) is 0.632. The number of benzene rings is 1. The van der Waals surface area contributed by atoms with Gasteiger partial charge in [0, 0.05) is 19.6 Å². The van der Waals surface area contributed by atoms with E-state index in [1.807, 2.05) is 18.2 Å². The van der Waals surface area contributed by atoms with Crippen molar-refractivity contribution in [2.75, 3.05) is 33.2 Å². The van der Waals surface area contributed by atoms with E-state index < -0.39 is 0 Å². The zero-order valence-electron chi connectivity index (χ0n) is 14.1. The van der Waals surface area contributed by atoms with Gasteiger partial charge in [0.2, 0.25) is 5.91 Å². The maximum atomic E-state index is 12.6. The van der Waals surface area contributed by atoms with Crippen molar-refractivity contribution < 1.29 is 9.53 Å². The number of likely N-dealkylation sites (tertiary alicyclic amines) is 2. The molecule has 0 N–H and O–H groups in total. The third kappa shape index (κ3) is 4.55. The highest BCUT2D eigenvalue weighted by Gasteiger charge is 2.30. The molecule has 0 spiro atoms. The Hall–Kier alpha value is -1.39. The molecule has 2 heterocycles. The lowest BCUT2D eigenvalue weighted by Gasteiger charge is -2.36. The number of piperidine rings is 2. The van der Waals surface area contributed by atoms with Crippen LogP contribution < -0.4 is 0 Å². The molecule has 0 bridgehead atoms. The van der Waals surface area contributed by atoms with Crippen LogP contribution in [0.5, 0.6) is 0 Å². The van der Waals surface area contributed by atoms with E-state index >= 15 is 0 Å². The Morgan fingerprint density at radius 1 is 1.13 bits per heavy atom. The van der Waals surface area contributed by atoms with Crippen molar-refractivity contribution in [2.24, 2.45) is 5.92 Å². The summed E-state index contributed by atoms with van der Waals surface area (Å²) >= 11 is 0. The first kappa shape index (κ1) is 16.5. The molecule has 3 rings (SSSR count). The number of ether oxygens (including phenoxy) is 1. The van der Waals surface area contributed by atoms with Crippen LogP contribution in [0.2, 0.25) is 0 Å². The first-order chi connectivity index (χ1) is 11.2. The molecule has 126 valence electrons. The second kappa shape index (κ2) is 7.93. The second-order valence-corrected chi connectivity index (χ2v) is 6.92. The van der Waals surface area contributed by atoms with E-state index in [1.54, 1.807) is 0 Å². The minimum atomic E-state index is 0.204. The van der Waals surface area contributed by atoms with Crippen molar-refractivity contribution in [3.05, 3.63) is 35.9 Å². The van der Waals surface area contributed by atoms with Crippen LogP contribution in [0.25, 0.3) is 0 Å². The third-order valence-corrected chi connectivity index (χ3v) is 5.06. The lowest BCUT2D eigenvalue weighted by molar-refractivity contribution is -0.140. The molecule has 4 heteroatoms. The number of hydrogen-bond acceptors (Lipinski definition) is 3. The monoisotopic (exact) mass is 316 g/mol. The Balaban J connectivity index is 1.42. The molecule has 0 aliphatic carbocycles. The molecule has 1 amide bonds. The van der Waals surface area contributed by atoms with Crippen LogP contribution in [-0.4, -0.2) is 55.0 Å². The Morgan fingerprint density at radius 3 is 2.57 bits per heavy atom. The smallest absolute Gasteiger partial charge is 0.226 e. The molecule has 2 aliphatic rings. The zero-order chi connectivity index (χ0) is 16.1. The van der Waals surface area contributed by atoms with Gasteiger partial charge < -0.3 is 14.5 Å². The van der Waals surface area contributed by atoms with Crippen molar-refractivity contribution in [1.82, 2.24) is 9.80 Å². The van der Waals surface area contributed by atoms with Gasteiger partial charge in [-0.3, -0.25) is 4.79 Å². The van der Waals surface area contributed by atoms with Gasteiger partial charge in [0.25, 0.3) is 0 Å². The summed E-state index contributed by atoms with van der Waals surface area (Å²) in [6, 6.07) is 10.3. The highest BCUT2D eigenvalue weighted by Crippen LogP contribution is 2.22. The number of carbonyl (C=O) groups excluding carboxylic acids is 1. The SMILES string of the molecule is CN1CCCC(C(=O)N2CCC(OCc3ccccc3)CC2)C1. The number of nitrogens with zero attached hydrogens (tertiary/aromatic N) is 2. The molecule has 0 saturated carbocycles. The molecule has 2 saturated heterocycles. The Labute approximate surface area is 139 Å². The zero-order valence-corrected chi connectivity index (χ0v) is 14.1. The van der Waals surface area contributed by atoms with Crippen molar-refractivity contribution in [1.29, 1.82) is 0 Å². The first-order valence-electron chi connectivity index (χ1n) is 8.85. The molecule has 0 aromatic heterocycles. The molecule has 4 nitrogen and oxygen atoms in total. The van der Waals surface area contributed by atoms with Crippen molar-refractivity contribution in [3.8, 4) is 0 Å². The molecule has 1 aromatic rings. The van der Waals surface area contributed by atoms with Gasteiger partial charge in [-0.05, 0) is 44.8 Å². The van der Waals surface area contributed by atoms with Gasteiger partial charge in [0.1, 0.15) is 0 Å². The van der Waals surface area contributed by atoms with Gasteiger partial charge in [-0.25, -0.2) is 0 Å². The molecule has 1 atom stereocenters. The molecule has 1 aromatic carbocycles. The molecule has 23 heavy (non-hydrogen) atoms. The van der Waals surface area contributed by atoms with E-state index in [2.05, 4.69) is 29.0 Å². The summed E-state index contributed by atoms with van der Waals surface area (Å²) in [5.41, 5.74) is 1.22. The van der Waals surface area contributed by atoms with E-state index in [4.69, 9.17) is 4.74 Å². The molecular formula is C19H28N2O2. The van der Waals surface area contributed by atoms with E-state index in [0.717, 1.165) is 51.9 Å². The minimum absolute atomic E-state index is 0.204. The van der Waals surface area contributed by atoms with Crippen LogP contribution in [0, 0.1) is 5.92 Å². The summed E-state index contributed by atoms with van der Waals surface area (Å²) in [7, 11) is 2.11. The van der Waals surface area contributed by atoms with E-state index in [0.29, 0.717) is 12.5 Å². The number of hydrogen-bond donors (Lipinski definition) is 0. The van der Waals surface area contributed by atoms with Crippen LogP contribution in [0.15, 0.2) is 30.3 Å². The van der Waals surface area contributed by atoms with Crippen LogP contribution >= 0.6 is 0 Å². The quantitative estimate of drug-likeness (QED) is 0.856. The average Bonchev–Trinajstić information content (AvgIpc) is 2.61. The fourth-order valence-electron chi connectivity index (χ4n) is 3.66. The highest BCUT2D eigenvalue weighted by molar-refractivity contribution is 5.79. The summed E-state index contributed by atoms with van der Waals surface area (Å²) in [5.74, 6) is 0.564. The van der Waals surface area contributed by atoms with Crippen LogP contribution in [0.3, 0.4) is 0 Å². The average molecular weight is 316 g/mol. The molecule has 2 fully saturated rings. The van der Waals surface area contributed by atoms with E-state index in [9.17, 15) is 4.79 Å².